The maximum absolute atomic E-state index is 10.4. The van der Waals surface area contributed by atoms with Crippen LogP contribution in [0.15, 0.2) is 36.4 Å². The van der Waals surface area contributed by atoms with Gasteiger partial charge in [-0.15, -0.1) is 0 Å². The molecule has 0 unspecified atom stereocenters. The third-order valence-electron chi connectivity index (χ3n) is 3.86. The Hall–Kier alpha value is -2.49. The smallest absolute Gasteiger partial charge is 0.122 e. The first kappa shape index (κ1) is 24.5. The molecule has 4 heteroatoms. The van der Waals surface area contributed by atoms with Gasteiger partial charge in [0.25, 0.3) is 0 Å². The summed E-state index contributed by atoms with van der Waals surface area (Å²) in [7, 11) is 0. The Kier molecular flexibility index (Phi) is 10.9. The highest BCUT2D eigenvalue weighted by Gasteiger charge is 2.19. The average Bonchev–Trinajstić information content (AvgIpc) is 2.60. The van der Waals surface area contributed by atoms with Gasteiger partial charge >= 0.3 is 0 Å². The maximum Gasteiger partial charge on any atom is 0.122 e. The van der Waals surface area contributed by atoms with Crippen LogP contribution >= 0.6 is 0 Å². The molecule has 0 aliphatic rings. The monoisotopic (exact) mass is 370 g/mol. The highest BCUT2D eigenvalue weighted by molar-refractivity contribution is 6.48. The number of nitrogens with one attached hydrogen (secondary N) is 2. The lowest BCUT2D eigenvalue weighted by Crippen LogP contribution is -2.12. The van der Waals surface area contributed by atoms with Gasteiger partial charge in [0, 0.05) is 6.42 Å². The second kappa shape index (κ2) is 12.0. The van der Waals surface area contributed by atoms with E-state index < -0.39 is 0 Å². The zero-order valence-corrected chi connectivity index (χ0v) is 17.5. The Morgan fingerprint density at radius 1 is 1.15 bits per heavy atom. The Morgan fingerprint density at radius 3 is 2.22 bits per heavy atom. The van der Waals surface area contributed by atoms with Crippen LogP contribution in [0.3, 0.4) is 0 Å². The number of allylic oxidation sites excluding steroid dienone is 4. The lowest BCUT2D eigenvalue weighted by molar-refractivity contribution is -0.107. The number of hydrogen-bond donors (Lipinski definition) is 3. The second-order valence-electron chi connectivity index (χ2n) is 7.40. The quantitative estimate of drug-likeness (QED) is 0.425. The third-order valence-corrected chi connectivity index (χ3v) is 3.86. The van der Waals surface area contributed by atoms with Crippen LogP contribution in [-0.4, -0.2) is 22.8 Å². The molecule has 3 N–H and O–H groups in total. The van der Waals surface area contributed by atoms with Crippen molar-refractivity contribution in [2.24, 2.45) is 0 Å². The van der Waals surface area contributed by atoms with E-state index in [0.29, 0.717) is 12.2 Å². The third kappa shape index (κ3) is 9.13. The van der Waals surface area contributed by atoms with Crippen molar-refractivity contribution in [2.45, 2.75) is 66.2 Å². The number of aryl methyl sites for hydroxylation is 2. The molecule has 0 aliphatic heterocycles. The van der Waals surface area contributed by atoms with Crippen LogP contribution in [0.1, 0.15) is 64.2 Å². The molecule has 0 spiro atoms. The molecular weight excluding hydrogens is 336 g/mol. The fourth-order valence-electron chi connectivity index (χ4n) is 2.38. The molecular formula is C23H34N2O2. The molecule has 0 atom stereocenters. The van der Waals surface area contributed by atoms with Crippen molar-refractivity contribution in [1.29, 1.82) is 10.8 Å². The summed E-state index contributed by atoms with van der Waals surface area (Å²) in [4.78, 5) is 10.4. The summed E-state index contributed by atoms with van der Waals surface area (Å²) in [5.41, 5.74) is 3.41. The topological polar surface area (TPSA) is 85.0 Å². The fourth-order valence-corrected chi connectivity index (χ4v) is 2.38. The normalized spacial score (nSPS) is 11.3. The molecule has 0 saturated carbocycles. The molecule has 0 bridgehead atoms. The van der Waals surface area contributed by atoms with Gasteiger partial charge in [-0.3, -0.25) is 10.8 Å². The number of carbonyl (C=O) groups is 1. The number of aldehydes is 1. The van der Waals surface area contributed by atoms with Crippen LogP contribution in [0.2, 0.25) is 0 Å². The van der Waals surface area contributed by atoms with E-state index in [2.05, 4.69) is 20.8 Å². The average molecular weight is 371 g/mol. The number of benzene rings is 1. The number of rotatable bonds is 7. The van der Waals surface area contributed by atoms with Crippen LogP contribution in [0, 0.1) is 17.7 Å². The van der Waals surface area contributed by atoms with Crippen LogP contribution in [-0.2, 0) is 16.6 Å². The summed E-state index contributed by atoms with van der Waals surface area (Å²) in [5, 5.41) is 24.7. The molecule has 0 amide bonds. The van der Waals surface area contributed by atoms with E-state index in [-0.39, 0.29) is 16.8 Å². The molecule has 0 aliphatic carbocycles. The van der Waals surface area contributed by atoms with E-state index in [9.17, 15) is 9.90 Å². The summed E-state index contributed by atoms with van der Waals surface area (Å²) in [6.45, 7) is 12.0. The van der Waals surface area contributed by atoms with E-state index in [0.717, 1.165) is 35.8 Å². The van der Waals surface area contributed by atoms with Crippen molar-refractivity contribution in [2.75, 3.05) is 0 Å². The van der Waals surface area contributed by atoms with Crippen LogP contribution in [0.5, 0.6) is 5.75 Å². The largest absolute Gasteiger partial charge is 0.507 e. The van der Waals surface area contributed by atoms with Crippen molar-refractivity contribution < 1.29 is 9.90 Å². The predicted octanol–water partition coefficient (Wildman–Crippen LogP) is 5.70. The minimum Gasteiger partial charge on any atom is -0.507 e. The molecule has 1 aromatic rings. The van der Waals surface area contributed by atoms with Crippen molar-refractivity contribution in [1.82, 2.24) is 0 Å². The van der Waals surface area contributed by atoms with Gasteiger partial charge in [-0.05, 0) is 60.9 Å². The van der Waals surface area contributed by atoms with Gasteiger partial charge in [0.15, 0.2) is 0 Å². The first-order chi connectivity index (χ1) is 12.6. The Balaban J connectivity index is 0.000000541. The van der Waals surface area contributed by atoms with E-state index in [4.69, 9.17) is 10.8 Å². The lowest BCUT2D eigenvalue weighted by atomic mass is 9.84. The highest BCUT2D eigenvalue weighted by atomic mass is 16.3. The minimum atomic E-state index is -0.0773. The summed E-state index contributed by atoms with van der Waals surface area (Å²) in [6.07, 6.45) is 10.0. The van der Waals surface area contributed by atoms with E-state index in [1.807, 2.05) is 39.0 Å². The maximum atomic E-state index is 10.4. The molecule has 0 saturated heterocycles. The standard InChI is InChI=1S/C14H20O2.C9H14N2/c1-10-8-11(6-5-7-15)9-12(13(10)16)14(2,3)4;1-3-5-7-9(11)8(10)6-4-2/h7-9,16H,5-6H2,1-4H3;4-7,10-11H,3H2,1-2H3/b;6-4-,7-5-,10-8?,11-9?. The SMILES string of the molecule is C/C=C\C(=N)C(=N)/C=C\CC.Cc1cc(CCC=O)cc(C(C)(C)C)c1O. The second-order valence-corrected chi connectivity index (χ2v) is 7.40. The Labute approximate surface area is 164 Å². The number of phenols is 1. The number of aromatic hydroxyl groups is 1. The molecule has 0 aromatic heterocycles. The highest BCUT2D eigenvalue weighted by Crippen LogP contribution is 2.34. The molecule has 0 heterocycles. The van der Waals surface area contributed by atoms with Crippen molar-refractivity contribution >= 4 is 17.7 Å². The molecule has 1 rings (SSSR count). The first-order valence-corrected chi connectivity index (χ1v) is 9.31. The summed E-state index contributed by atoms with van der Waals surface area (Å²) >= 11 is 0. The van der Waals surface area contributed by atoms with Crippen molar-refractivity contribution in [3.8, 4) is 5.75 Å². The summed E-state index contributed by atoms with van der Waals surface area (Å²) in [6, 6.07) is 3.96. The number of phenolic OH excluding ortho intramolecular Hbond substituents is 1. The van der Waals surface area contributed by atoms with E-state index in [1.165, 1.54) is 0 Å². The lowest BCUT2D eigenvalue weighted by Gasteiger charge is -2.22. The molecule has 0 fully saturated rings. The fraction of sp³-hybridized carbons (Fsp3) is 0.435. The summed E-state index contributed by atoms with van der Waals surface area (Å²) < 4.78 is 0. The molecule has 0 radical (unpaired) electrons. The number of carbonyl (C=O) groups excluding carboxylic acids is 1. The van der Waals surface area contributed by atoms with Crippen LogP contribution < -0.4 is 0 Å². The zero-order chi connectivity index (χ0) is 21.0. The predicted molar refractivity (Wildman–Crippen MR) is 116 cm³/mol. The van der Waals surface area contributed by atoms with Crippen LogP contribution in [0.4, 0.5) is 0 Å². The van der Waals surface area contributed by atoms with Gasteiger partial charge in [-0.1, -0.05) is 52.0 Å². The summed E-state index contributed by atoms with van der Waals surface area (Å²) in [5.74, 6) is 0.377. The molecule has 4 nitrogen and oxygen atoms in total. The minimum absolute atomic E-state index is 0.0773. The van der Waals surface area contributed by atoms with E-state index >= 15 is 0 Å². The van der Waals surface area contributed by atoms with Gasteiger partial charge in [-0.2, -0.15) is 0 Å². The Morgan fingerprint density at radius 2 is 1.74 bits per heavy atom. The van der Waals surface area contributed by atoms with Crippen molar-refractivity contribution in [3.63, 3.8) is 0 Å². The molecule has 27 heavy (non-hydrogen) atoms. The van der Waals surface area contributed by atoms with Gasteiger partial charge < -0.3 is 9.90 Å². The van der Waals surface area contributed by atoms with Crippen LogP contribution in [0.25, 0.3) is 0 Å². The number of hydrogen-bond acceptors (Lipinski definition) is 4. The van der Waals surface area contributed by atoms with Gasteiger partial charge in [0.05, 0.1) is 11.4 Å². The molecule has 148 valence electrons. The van der Waals surface area contributed by atoms with Crippen molar-refractivity contribution in [3.05, 3.63) is 53.1 Å². The van der Waals surface area contributed by atoms with Gasteiger partial charge in [-0.25, -0.2) is 0 Å². The molecule has 1 aromatic carbocycles. The van der Waals surface area contributed by atoms with Gasteiger partial charge in [0.1, 0.15) is 12.0 Å². The van der Waals surface area contributed by atoms with Gasteiger partial charge in [0.2, 0.25) is 0 Å². The van der Waals surface area contributed by atoms with E-state index in [1.54, 1.807) is 18.2 Å². The first-order valence-electron chi connectivity index (χ1n) is 9.31. The Bertz CT molecular complexity index is 708. The zero-order valence-electron chi connectivity index (χ0n) is 17.5.